The summed E-state index contributed by atoms with van der Waals surface area (Å²) in [7, 11) is -3.78. The summed E-state index contributed by atoms with van der Waals surface area (Å²) in [5.41, 5.74) is 1.21. The van der Waals surface area contributed by atoms with Gasteiger partial charge < -0.3 is 15.5 Å². The van der Waals surface area contributed by atoms with Gasteiger partial charge in [0.15, 0.2) is 0 Å². The molecule has 2 aromatic rings. The summed E-state index contributed by atoms with van der Waals surface area (Å²) in [5.74, 6) is -0.0565. The first-order valence-corrected chi connectivity index (χ1v) is 9.43. The minimum absolute atomic E-state index is 0.0386. The van der Waals surface area contributed by atoms with Gasteiger partial charge in [-0.15, -0.1) is 0 Å². The molecule has 1 aliphatic heterocycles. The van der Waals surface area contributed by atoms with Gasteiger partial charge in [0.2, 0.25) is 15.9 Å². The van der Waals surface area contributed by atoms with Crippen LogP contribution in [0, 0.1) is 0 Å². The van der Waals surface area contributed by atoms with Crippen molar-refractivity contribution >= 4 is 33.3 Å². The predicted molar refractivity (Wildman–Crippen MR) is 97.2 cm³/mol. The lowest BCUT2D eigenvalue weighted by molar-refractivity contribution is -0.117. The van der Waals surface area contributed by atoms with Crippen LogP contribution in [0.5, 0.6) is 0 Å². The van der Waals surface area contributed by atoms with Crippen molar-refractivity contribution in [2.75, 3.05) is 16.8 Å². The number of benzene rings is 2. The van der Waals surface area contributed by atoms with Crippen LogP contribution in [0.4, 0.5) is 16.2 Å². The average Bonchev–Trinajstić information content (AvgIpc) is 2.95. The molecule has 0 unspecified atom stereocenters. The van der Waals surface area contributed by atoms with E-state index in [9.17, 15) is 18.0 Å². The largest absolute Gasteiger partial charge is 0.333 e. The van der Waals surface area contributed by atoms with E-state index < -0.39 is 16.1 Å². The van der Waals surface area contributed by atoms with Gasteiger partial charge in [0.05, 0.1) is 10.9 Å². The zero-order valence-corrected chi connectivity index (χ0v) is 14.6. The van der Waals surface area contributed by atoms with Gasteiger partial charge in [0.1, 0.15) is 0 Å². The quantitative estimate of drug-likeness (QED) is 0.746. The second-order valence-electron chi connectivity index (χ2n) is 5.91. The molecule has 0 aromatic heterocycles. The lowest BCUT2D eigenvalue weighted by Gasteiger charge is -2.17. The first kappa shape index (κ1) is 17.9. The monoisotopic (exact) mass is 374 g/mol. The van der Waals surface area contributed by atoms with Gasteiger partial charge in [-0.2, -0.15) is 0 Å². The summed E-state index contributed by atoms with van der Waals surface area (Å²) >= 11 is 0. The summed E-state index contributed by atoms with van der Waals surface area (Å²) < 4.78 is 22.4. The van der Waals surface area contributed by atoms with Crippen LogP contribution in [-0.4, -0.2) is 32.9 Å². The second-order valence-corrected chi connectivity index (χ2v) is 7.47. The van der Waals surface area contributed by atoms with Crippen molar-refractivity contribution in [3.63, 3.8) is 0 Å². The molecule has 2 aromatic carbocycles. The number of anilines is 2. The fourth-order valence-electron chi connectivity index (χ4n) is 2.74. The van der Waals surface area contributed by atoms with Gasteiger partial charge >= 0.3 is 6.03 Å². The highest BCUT2D eigenvalue weighted by atomic mass is 32.2. The molecule has 26 heavy (non-hydrogen) atoms. The number of nitrogens with zero attached hydrogens (tertiary/aromatic N) is 1. The molecule has 1 aliphatic rings. The van der Waals surface area contributed by atoms with Crippen LogP contribution >= 0.6 is 0 Å². The van der Waals surface area contributed by atoms with Crippen molar-refractivity contribution in [1.29, 1.82) is 0 Å². The van der Waals surface area contributed by atoms with E-state index in [1.807, 2.05) is 30.3 Å². The van der Waals surface area contributed by atoms with Crippen LogP contribution < -0.4 is 20.7 Å². The molecule has 8 nitrogen and oxygen atoms in total. The maximum atomic E-state index is 12.1. The van der Waals surface area contributed by atoms with Gasteiger partial charge in [0, 0.05) is 24.3 Å². The molecule has 1 fully saturated rings. The molecule has 9 heteroatoms. The number of carbonyl (C=O) groups is 2. The maximum Gasteiger partial charge on any atom is 0.319 e. The Morgan fingerprint density at radius 1 is 1.08 bits per heavy atom. The molecular formula is C17H18N4O4S. The van der Waals surface area contributed by atoms with Gasteiger partial charge in [-0.1, -0.05) is 18.2 Å². The Kier molecular flexibility index (Phi) is 4.92. The number of rotatable bonds is 4. The second kappa shape index (κ2) is 7.14. The van der Waals surface area contributed by atoms with Crippen LogP contribution in [-0.2, 0) is 14.8 Å². The Hall–Kier alpha value is -2.91. The lowest BCUT2D eigenvalue weighted by Crippen LogP contribution is -2.39. The third-order valence-corrected chi connectivity index (χ3v) is 4.90. The Bertz CT molecular complexity index is 914. The van der Waals surface area contributed by atoms with Crippen LogP contribution in [0.2, 0.25) is 0 Å². The first-order valence-electron chi connectivity index (χ1n) is 7.89. The number of carbonyl (C=O) groups excluding carboxylic acids is 2. The summed E-state index contributed by atoms with van der Waals surface area (Å²) in [6.07, 6.45) is 0.215. The number of hydrogen-bond donors (Lipinski definition) is 3. The Morgan fingerprint density at radius 3 is 2.35 bits per heavy atom. The molecule has 3 amide bonds. The molecule has 1 atom stereocenters. The van der Waals surface area contributed by atoms with E-state index in [2.05, 4.69) is 10.6 Å². The highest BCUT2D eigenvalue weighted by molar-refractivity contribution is 7.89. The molecular weight excluding hydrogens is 356 g/mol. The molecule has 0 aliphatic carbocycles. The molecule has 3 rings (SSSR count). The number of sulfonamides is 1. The molecule has 0 bridgehead atoms. The van der Waals surface area contributed by atoms with Crippen LogP contribution in [0.3, 0.4) is 0 Å². The minimum Gasteiger partial charge on any atom is -0.333 e. The third-order valence-electron chi connectivity index (χ3n) is 3.97. The zero-order chi connectivity index (χ0) is 18.7. The van der Waals surface area contributed by atoms with E-state index in [0.717, 1.165) is 5.69 Å². The number of nitrogens with one attached hydrogen (secondary N) is 2. The van der Waals surface area contributed by atoms with Crippen molar-refractivity contribution < 1.29 is 18.0 Å². The van der Waals surface area contributed by atoms with Crippen LogP contribution in [0.15, 0.2) is 59.5 Å². The van der Waals surface area contributed by atoms with Crippen LogP contribution in [0.1, 0.15) is 6.42 Å². The van der Waals surface area contributed by atoms with Gasteiger partial charge in [-0.3, -0.25) is 4.79 Å². The van der Waals surface area contributed by atoms with E-state index in [0.29, 0.717) is 12.2 Å². The highest BCUT2D eigenvalue weighted by Gasteiger charge is 2.31. The van der Waals surface area contributed by atoms with Crippen molar-refractivity contribution in [2.45, 2.75) is 17.4 Å². The summed E-state index contributed by atoms with van der Waals surface area (Å²) in [5, 5.41) is 10.4. The van der Waals surface area contributed by atoms with Gasteiger partial charge in [-0.05, 0) is 36.4 Å². The first-order chi connectivity index (χ1) is 12.3. The smallest absolute Gasteiger partial charge is 0.319 e. The zero-order valence-electron chi connectivity index (χ0n) is 13.8. The number of primary sulfonamides is 1. The maximum absolute atomic E-state index is 12.1. The van der Waals surface area contributed by atoms with Crippen molar-refractivity contribution in [2.24, 2.45) is 5.14 Å². The lowest BCUT2D eigenvalue weighted by atomic mass is 10.2. The molecule has 1 heterocycles. The number of amides is 3. The minimum atomic E-state index is -3.78. The van der Waals surface area contributed by atoms with Gasteiger partial charge in [0.25, 0.3) is 0 Å². The van der Waals surface area contributed by atoms with Gasteiger partial charge in [-0.25, -0.2) is 18.4 Å². The van der Waals surface area contributed by atoms with E-state index in [-0.39, 0.29) is 23.3 Å². The van der Waals surface area contributed by atoms with Crippen molar-refractivity contribution in [1.82, 2.24) is 5.32 Å². The molecule has 1 saturated heterocycles. The Balaban J connectivity index is 1.58. The molecule has 136 valence electrons. The SMILES string of the molecule is NS(=O)(=O)c1ccc(NC(=O)N[C@H]2CC(=O)N(c3ccccc3)C2)cc1. The summed E-state index contributed by atoms with van der Waals surface area (Å²) in [4.78, 5) is 25.8. The van der Waals surface area contributed by atoms with Crippen molar-refractivity contribution in [3.05, 3.63) is 54.6 Å². The third kappa shape index (κ3) is 4.19. The average molecular weight is 374 g/mol. The number of para-hydroxylation sites is 1. The molecule has 4 N–H and O–H groups in total. The fourth-order valence-corrected chi connectivity index (χ4v) is 3.26. The Morgan fingerprint density at radius 2 is 1.73 bits per heavy atom. The van der Waals surface area contributed by atoms with E-state index in [4.69, 9.17) is 5.14 Å². The van der Waals surface area contributed by atoms with E-state index >= 15 is 0 Å². The van der Waals surface area contributed by atoms with E-state index in [1.165, 1.54) is 24.3 Å². The molecule has 0 radical (unpaired) electrons. The number of nitrogens with two attached hydrogens (primary N) is 1. The highest BCUT2D eigenvalue weighted by Crippen LogP contribution is 2.21. The molecule has 0 saturated carbocycles. The topological polar surface area (TPSA) is 122 Å². The predicted octanol–water partition coefficient (Wildman–Crippen LogP) is 1.26. The van der Waals surface area contributed by atoms with Crippen molar-refractivity contribution in [3.8, 4) is 0 Å². The van der Waals surface area contributed by atoms with E-state index in [1.54, 1.807) is 4.90 Å². The Labute approximate surface area is 151 Å². The standard InChI is InChI=1S/C17H18N4O4S/c18-26(24,25)15-8-6-12(7-9-15)19-17(23)20-13-10-16(22)21(11-13)14-4-2-1-3-5-14/h1-9,13H,10-11H2,(H2,18,24,25)(H2,19,20,23)/t13-/m0/s1. The number of urea groups is 1. The molecule has 0 spiro atoms. The number of hydrogen-bond acceptors (Lipinski definition) is 4. The fraction of sp³-hybridized carbons (Fsp3) is 0.176. The summed E-state index contributed by atoms with van der Waals surface area (Å²) in [6.45, 7) is 0.390. The summed E-state index contributed by atoms with van der Waals surface area (Å²) in [6, 6.07) is 14.0. The normalized spacial score (nSPS) is 17.2. The van der Waals surface area contributed by atoms with Crippen LogP contribution in [0.25, 0.3) is 0 Å².